The number of halogens is 2. The Morgan fingerprint density at radius 2 is 1.89 bits per heavy atom. The van der Waals surface area contributed by atoms with Gasteiger partial charge in [-0.2, -0.15) is 0 Å². The Labute approximate surface area is 221 Å². The third kappa shape index (κ3) is 7.77. The van der Waals surface area contributed by atoms with Crippen molar-refractivity contribution in [3.05, 3.63) is 65.1 Å². The van der Waals surface area contributed by atoms with E-state index in [2.05, 4.69) is 9.71 Å². The summed E-state index contributed by atoms with van der Waals surface area (Å²) in [5.41, 5.74) is 7.54. The average molecular weight is 551 g/mol. The first kappa shape index (κ1) is 28.6. The Kier molecular flexibility index (Phi) is 9.69. The summed E-state index contributed by atoms with van der Waals surface area (Å²) in [5.74, 6) is -1.38. The number of nitrogens with two attached hydrogens (primary N) is 1. The van der Waals surface area contributed by atoms with Crippen LogP contribution in [-0.2, 0) is 26.0 Å². The number of para-hydroxylation sites is 1. The fourth-order valence-corrected chi connectivity index (χ4v) is 5.78. The van der Waals surface area contributed by atoms with Gasteiger partial charge in [-0.1, -0.05) is 43.6 Å². The quantitative estimate of drug-likeness (QED) is 0.278. The zero-order chi connectivity index (χ0) is 27.2. The predicted molar refractivity (Wildman–Crippen MR) is 142 cm³/mol. The molecule has 0 spiro atoms. The monoisotopic (exact) mass is 550 g/mol. The lowest BCUT2D eigenvalue weighted by Gasteiger charge is -2.31. The van der Waals surface area contributed by atoms with E-state index >= 15 is 0 Å². The third-order valence-corrected chi connectivity index (χ3v) is 7.91. The maximum atomic E-state index is 13.3. The predicted octanol–water partition coefficient (Wildman–Crippen LogP) is 3.99. The smallest absolute Gasteiger partial charge is 0.242 e. The van der Waals surface area contributed by atoms with Crippen molar-refractivity contribution >= 4 is 44.3 Å². The molecule has 0 aliphatic carbocycles. The normalized spacial score (nSPS) is 12.7. The molecule has 37 heavy (non-hydrogen) atoms. The van der Waals surface area contributed by atoms with Crippen molar-refractivity contribution in [3.8, 4) is 0 Å². The molecule has 4 N–H and O–H groups in total. The molecule has 0 bridgehead atoms. The van der Waals surface area contributed by atoms with Crippen LogP contribution in [0.4, 0.5) is 4.39 Å². The maximum absolute atomic E-state index is 13.3. The lowest BCUT2D eigenvalue weighted by atomic mass is 10.0. The van der Waals surface area contributed by atoms with E-state index in [9.17, 15) is 22.4 Å². The highest BCUT2D eigenvalue weighted by Crippen LogP contribution is 2.22. The molecule has 0 unspecified atom stereocenters. The number of hydrogen-bond acceptors (Lipinski definition) is 4. The third-order valence-electron chi connectivity index (χ3n) is 5.96. The average Bonchev–Trinajstić information content (AvgIpc) is 3.24. The molecule has 200 valence electrons. The minimum absolute atomic E-state index is 0.0189. The van der Waals surface area contributed by atoms with Crippen molar-refractivity contribution in [2.24, 2.45) is 11.7 Å². The molecule has 2 aromatic carbocycles. The number of H-pyrrole nitrogens is 1. The van der Waals surface area contributed by atoms with Gasteiger partial charge in [-0.25, -0.2) is 17.5 Å². The molecule has 0 saturated carbocycles. The summed E-state index contributed by atoms with van der Waals surface area (Å²) >= 11 is 5.89. The molecule has 8 nitrogen and oxygen atoms in total. The zero-order valence-electron chi connectivity index (χ0n) is 20.8. The summed E-state index contributed by atoms with van der Waals surface area (Å²) in [4.78, 5) is 30.0. The largest absolute Gasteiger partial charge is 0.368 e. The second-order valence-electron chi connectivity index (χ2n) is 9.34. The van der Waals surface area contributed by atoms with Crippen molar-refractivity contribution in [1.82, 2.24) is 14.6 Å². The number of benzene rings is 2. The molecule has 1 heterocycles. The van der Waals surface area contributed by atoms with Crippen LogP contribution in [0, 0.1) is 11.7 Å². The molecule has 2 amide bonds. The molecule has 1 aromatic heterocycles. The van der Waals surface area contributed by atoms with E-state index in [0.29, 0.717) is 12.8 Å². The van der Waals surface area contributed by atoms with Gasteiger partial charge in [-0.3, -0.25) is 9.59 Å². The molecule has 3 aromatic rings. The van der Waals surface area contributed by atoms with Crippen LogP contribution in [0.1, 0.15) is 38.8 Å². The Balaban J connectivity index is 1.67. The van der Waals surface area contributed by atoms with Crippen molar-refractivity contribution in [2.45, 2.75) is 50.5 Å². The number of nitrogens with one attached hydrogen (secondary N) is 2. The number of rotatable bonds is 13. The van der Waals surface area contributed by atoms with Crippen molar-refractivity contribution in [1.29, 1.82) is 0 Å². The van der Waals surface area contributed by atoms with Crippen LogP contribution in [-0.4, -0.2) is 49.2 Å². The van der Waals surface area contributed by atoms with E-state index in [4.69, 9.17) is 17.3 Å². The van der Waals surface area contributed by atoms with Crippen LogP contribution in [0.15, 0.2) is 53.4 Å². The van der Waals surface area contributed by atoms with Crippen molar-refractivity contribution < 1.29 is 22.4 Å². The van der Waals surface area contributed by atoms with E-state index < -0.39 is 27.8 Å². The van der Waals surface area contributed by atoms with E-state index in [1.165, 1.54) is 4.90 Å². The van der Waals surface area contributed by atoms with E-state index in [1.54, 1.807) is 0 Å². The van der Waals surface area contributed by atoms with Gasteiger partial charge in [0, 0.05) is 30.7 Å². The number of aromatic nitrogens is 1. The molecule has 1 atom stereocenters. The maximum Gasteiger partial charge on any atom is 0.242 e. The molecule has 11 heteroatoms. The minimum atomic E-state index is -3.99. The number of sulfonamides is 1. The minimum Gasteiger partial charge on any atom is -0.368 e. The topological polar surface area (TPSA) is 125 Å². The highest BCUT2D eigenvalue weighted by atomic mass is 35.5. The van der Waals surface area contributed by atoms with Gasteiger partial charge in [0.05, 0.1) is 5.02 Å². The molecule has 0 fully saturated rings. The van der Waals surface area contributed by atoms with Crippen LogP contribution in [0.5, 0.6) is 0 Å². The number of aryl methyl sites for hydroxylation is 1. The standard InChI is InChI=1S/C26H32ClFN4O4S/c1-17(2)14-23(26(29)34)32(25(33)11-9-20-15-18-6-3-4-7-22(18)31-20)13-5-12-30-37(35,36)24-10-8-19(28)16-21(24)27/h3-4,6-8,10,15-17,23,30-31H,5,9,11-14H2,1-2H3,(H2,29,34)/t23-/m0/s1. The Bertz CT molecular complexity index is 1330. The first-order chi connectivity index (χ1) is 17.5. The fraction of sp³-hybridized carbons (Fsp3) is 0.385. The number of carbonyl (C=O) groups excluding carboxylic acids is 2. The first-order valence-corrected chi connectivity index (χ1v) is 13.9. The Morgan fingerprint density at radius 3 is 2.54 bits per heavy atom. The number of primary amides is 1. The van der Waals surface area contributed by atoms with Gasteiger partial charge in [0.2, 0.25) is 21.8 Å². The van der Waals surface area contributed by atoms with Crippen LogP contribution in [0.2, 0.25) is 5.02 Å². The summed E-state index contributed by atoms with van der Waals surface area (Å²) in [6.07, 6.45) is 1.24. The Morgan fingerprint density at radius 1 is 1.16 bits per heavy atom. The number of fused-ring (bicyclic) bond motifs is 1. The lowest BCUT2D eigenvalue weighted by Crippen LogP contribution is -2.49. The molecule has 0 radical (unpaired) electrons. The van der Waals surface area contributed by atoms with Crippen LogP contribution < -0.4 is 10.5 Å². The SMILES string of the molecule is CC(C)C[C@@H](C(N)=O)N(CCCNS(=O)(=O)c1ccc(F)cc1Cl)C(=O)CCc1cc2ccccc2[nH]1. The van der Waals surface area contributed by atoms with E-state index in [1.807, 2.05) is 44.2 Å². The highest BCUT2D eigenvalue weighted by molar-refractivity contribution is 7.89. The van der Waals surface area contributed by atoms with Crippen LogP contribution in [0.25, 0.3) is 10.9 Å². The van der Waals surface area contributed by atoms with Crippen molar-refractivity contribution in [2.75, 3.05) is 13.1 Å². The molecular weight excluding hydrogens is 519 g/mol. The van der Waals surface area contributed by atoms with E-state index in [0.717, 1.165) is 34.8 Å². The second kappa shape index (κ2) is 12.5. The summed E-state index contributed by atoms with van der Waals surface area (Å²) in [5, 5.41) is 0.817. The van der Waals surface area contributed by atoms with Gasteiger partial charge in [0.15, 0.2) is 0 Å². The fourth-order valence-electron chi connectivity index (χ4n) is 4.18. The number of carbonyl (C=O) groups is 2. The summed E-state index contributed by atoms with van der Waals surface area (Å²) < 4.78 is 40.9. The second-order valence-corrected chi connectivity index (χ2v) is 11.5. The lowest BCUT2D eigenvalue weighted by molar-refractivity contribution is -0.140. The first-order valence-electron chi connectivity index (χ1n) is 12.1. The van der Waals surface area contributed by atoms with Gasteiger partial charge in [0.1, 0.15) is 16.8 Å². The van der Waals surface area contributed by atoms with Gasteiger partial charge in [-0.15, -0.1) is 0 Å². The van der Waals surface area contributed by atoms with Gasteiger partial charge in [0.25, 0.3) is 0 Å². The molecule has 0 aliphatic heterocycles. The van der Waals surface area contributed by atoms with Crippen LogP contribution >= 0.6 is 11.6 Å². The summed E-state index contributed by atoms with van der Waals surface area (Å²) in [7, 11) is -3.99. The molecule has 0 aliphatic rings. The molecular formula is C26H32ClFN4O4S. The molecule has 0 saturated heterocycles. The number of amides is 2. The molecule has 3 rings (SSSR count). The Hall–Kier alpha value is -2.95. The number of hydrogen-bond donors (Lipinski definition) is 3. The van der Waals surface area contributed by atoms with Crippen molar-refractivity contribution in [3.63, 3.8) is 0 Å². The van der Waals surface area contributed by atoms with Crippen LogP contribution in [0.3, 0.4) is 0 Å². The zero-order valence-corrected chi connectivity index (χ0v) is 22.4. The summed E-state index contributed by atoms with van der Waals surface area (Å²) in [6, 6.07) is 12.0. The van der Waals surface area contributed by atoms with Gasteiger partial charge < -0.3 is 15.6 Å². The number of aromatic amines is 1. The van der Waals surface area contributed by atoms with E-state index in [-0.39, 0.29) is 47.7 Å². The highest BCUT2D eigenvalue weighted by Gasteiger charge is 2.28. The summed E-state index contributed by atoms with van der Waals surface area (Å²) in [6.45, 7) is 3.98. The van der Waals surface area contributed by atoms with Gasteiger partial charge in [-0.05, 0) is 60.9 Å². The van der Waals surface area contributed by atoms with Gasteiger partial charge >= 0.3 is 0 Å². The number of nitrogens with zero attached hydrogens (tertiary/aromatic N) is 1.